The lowest BCUT2D eigenvalue weighted by Crippen LogP contribution is -2.28. The number of amides is 1. The standard InChI is InChI=1S/C15H23NO3S/c1-13(14-6-3-2-4-7-14)12-16-15(18)19-9-11-20-10-5-8-17/h2-4,6-7,13,17H,5,8-12H2,1H3,(H,16,18)/t13-/m1/s1. The SMILES string of the molecule is C[C@H](CNC(=O)OCCSCCCO)c1ccccc1. The average Bonchev–Trinajstić information content (AvgIpc) is 2.49. The van der Waals surface area contributed by atoms with Crippen LogP contribution in [0.5, 0.6) is 0 Å². The number of aliphatic hydroxyl groups excluding tert-OH is 1. The largest absolute Gasteiger partial charge is 0.449 e. The highest BCUT2D eigenvalue weighted by Crippen LogP contribution is 2.12. The molecule has 0 aliphatic rings. The van der Waals surface area contributed by atoms with Gasteiger partial charge < -0.3 is 15.2 Å². The lowest BCUT2D eigenvalue weighted by Gasteiger charge is -2.13. The summed E-state index contributed by atoms with van der Waals surface area (Å²) < 4.78 is 5.08. The summed E-state index contributed by atoms with van der Waals surface area (Å²) in [6, 6.07) is 10.1. The summed E-state index contributed by atoms with van der Waals surface area (Å²) in [7, 11) is 0. The van der Waals surface area contributed by atoms with Crippen molar-refractivity contribution >= 4 is 17.9 Å². The second kappa shape index (κ2) is 10.6. The predicted molar refractivity (Wildman–Crippen MR) is 83.2 cm³/mol. The van der Waals surface area contributed by atoms with Gasteiger partial charge in [-0.2, -0.15) is 11.8 Å². The van der Waals surface area contributed by atoms with E-state index in [-0.39, 0.29) is 18.6 Å². The molecule has 0 aliphatic carbocycles. The highest BCUT2D eigenvalue weighted by molar-refractivity contribution is 7.99. The van der Waals surface area contributed by atoms with E-state index in [2.05, 4.69) is 24.4 Å². The lowest BCUT2D eigenvalue weighted by molar-refractivity contribution is 0.152. The van der Waals surface area contributed by atoms with Gasteiger partial charge in [-0.25, -0.2) is 4.79 Å². The van der Waals surface area contributed by atoms with Crippen molar-refractivity contribution < 1.29 is 14.6 Å². The number of hydrogen-bond donors (Lipinski definition) is 2. The zero-order chi connectivity index (χ0) is 14.6. The molecular formula is C15H23NO3S. The van der Waals surface area contributed by atoms with Crippen LogP contribution in [0.2, 0.25) is 0 Å². The van der Waals surface area contributed by atoms with E-state index in [1.807, 2.05) is 18.2 Å². The molecule has 0 spiro atoms. The first-order valence-corrected chi connectivity index (χ1v) is 8.03. The van der Waals surface area contributed by atoms with Crippen molar-refractivity contribution in [2.75, 3.05) is 31.3 Å². The Bertz CT molecular complexity index is 373. The molecule has 0 radical (unpaired) electrons. The second-order valence-corrected chi connectivity index (χ2v) is 5.74. The molecule has 1 amide bonds. The predicted octanol–water partition coefficient (Wildman–Crippen LogP) is 2.63. The van der Waals surface area contributed by atoms with Crippen LogP contribution in [-0.4, -0.2) is 42.5 Å². The fourth-order valence-corrected chi connectivity index (χ4v) is 2.39. The highest BCUT2D eigenvalue weighted by atomic mass is 32.2. The van der Waals surface area contributed by atoms with Gasteiger partial charge in [-0.3, -0.25) is 0 Å². The molecule has 0 aliphatic heterocycles. The molecule has 0 saturated carbocycles. The normalized spacial score (nSPS) is 11.9. The third kappa shape index (κ3) is 7.40. The van der Waals surface area contributed by atoms with Crippen molar-refractivity contribution in [3.8, 4) is 0 Å². The van der Waals surface area contributed by atoms with E-state index in [1.165, 1.54) is 5.56 Å². The fraction of sp³-hybridized carbons (Fsp3) is 0.533. The Morgan fingerprint density at radius 3 is 2.80 bits per heavy atom. The Morgan fingerprint density at radius 1 is 1.35 bits per heavy atom. The average molecular weight is 297 g/mol. The molecular weight excluding hydrogens is 274 g/mol. The van der Waals surface area contributed by atoms with Gasteiger partial charge >= 0.3 is 6.09 Å². The minimum absolute atomic E-state index is 0.214. The first-order valence-electron chi connectivity index (χ1n) is 6.88. The number of aliphatic hydroxyl groups is 1. The van der Waals surface area contributed by atoms with E-state index in [9.17, 15) is 4.79 Å². The smallest absolute Gasteiger partial charge is 0.407 e. The van der Waals surface area contributed by atoms with E-state index in [4.69, 9.17) is 9.84 Å². The number of thioether (sulfide) groups is 1. The minimum atomic E-state index is -0.365. The summed E-state index contributed by atoms with van der Waals surface area (Å²) >= 11 is 1.68. The van der Waals surface area contributed by atoms with Crippen LogP contribution in [0.1, 0.15) is 24.8 Å². The van der Waals surface area contributed by atoms with Gasteiger partial charge in [0.25, 0.3) is 0 Å². The number of hydrogen-bond acceptors (Lipinski definition) is 4. The third-order valence-electron chi connectivity index (χ3n) is 2.83. The number of ether oxygens (including phenoxy) is 1. The molecule has 0 heterocycles. The summed E-state index contributed by atoms with van der Waals surface area (Å²) in [6.45, 7) is 3.26. The van der Waals surface area contributed by atoms with Crippen LogP contribution < -0.4 is 5.32 Å². The van der Waals surface area contributed by atoms with Crippen molar-refractivity contribution in [2.45, 2.75) is 19.3 Å². The molecule has 1 atom stereocenters. The molecule has 1 rings (SSSR count). The number of benzene rings is 1. The minimum Gasteiger partial charge on any atom is -0.449 e. The van der Waals surface area contributed by atoms with Crippen molar-refractivity contribution in [3.63, 3.8) is 0 Å². The molecule has 5 heteroatoms. The van der Waals surface area contributed by atoms with Gasteiger partial charge in [-0.1, -0.05) is 37.3 Å². The Balaban J connectivity index is 2.08. The second-order valence-electron chi connectivity index (χ2n) is 4.52. The van der Waals surface area contributed by atoms with E-state index < -0.39 is 0 Å². The molecule has 4 nitrogen and oxygen atoms in total. The molecule has 112 valence electrons. The molecule has 1 aromatic carbocycles. The lowest BCUT2D eigenvalue weighted by atomic mass is 10.0. The van der Waals surface area contributed by atoms with Crippen LogP contribution in [0, 0.1) is 0 Å². The topological polar surface area (TPSA) is 58.6 Å². The van der Waals surface area contributed by atoms with Gasteiger partial charge in [0.2, 0.25) is 0 Å². The van der Waals surface area contributed by atoms with Crippen molar-refractivity contribution in [3.05, 3.63) is 35.9 Å². The number of nitrogens with one attached hydrogen (secondary N) is 1. The van der Waals surface area contributed by atoms with Crippen molar-refractivity contribution in [1.82, 2.24) is 5.32 Å². The Labute approximate surface area is 124 Å². The van der Waals surface area contributed by atoms with Crippen LogP contribution in [0.25, 0.3) is 0 Å². The molecule has 0 saturated heterocycles. The molecule has 0 aromatic heterocycles. The van der Waals surface area contributed by atoms with Gasteiger partial charge in [0.1, 0.15) is 6.61 Å². The van der Waals surface area contributed by atoms with Crippen LogP contribution in [-0.2, 0) is 4.74 Å². The summed E-state index contributed by atoms with van der Waals surface area (Å²) in [4.78, 5) is 11.5. The molecule has 0 unspecified atom stereocenters. The number of rotatable bonds is 9. The van der Waals surface area contributed by atoms with Gasteiger partial charge in [0.05, 0.1) is 0 Å². The Morgan fingerprint density at radius 2 is 2.10 bits per heavy atom. The van der Waals surface area contributed by atoms with Gasteiger partial charge in [0.15, 0.2) is 0 Å². The van der Waals surface area contributed by atoms with Crippen LogP contribution in [0.15, 0.2) is 30.3 Å². The van der Waals surface area contributed by atoms with E-state index in [0.29, 0.717) is 13.2 Å². The Hall–Kier alpha value is -1.20. The first-order chi connectivity index (χ1) is 9.74. The number of carbonyl (C=O) groups is 1. The van der Waals surface area contributed by atoms with Crippen LogP contribution in [0.4, 0.5) is 4.79 Å². The maximum Gasteiger partial charge on any atom is 0.407 e. The fourth-order valence-electron chi connectivity index (χ4n) is 1.65. The van der Waals surface area contributed by atoms with Crippen LogP contribution in [0.3, 0.4) is 0 Å². The van der Waals surface area contributed by atoms with Gasteiger partial charge in [-0.05, 0) is 23.7 Å². The third-order valence-corrected chi connectivity index (χ3v) is 3.86. The summed E-state index contributed by atoms with van der Waals surface area (Å²) in [6.07, 6.45) is 0.418. The summed E-state index contributed by atoms with van der Waals surface area (Å²) in [5.74, 6) is 1.93. The quantitative estimate of drug-likeness (QED) is 0.688. The van der Waals surface area contributed by atoms with E-state index in [0.717, 1.165) is 17.9 Å². The Kier molecular flexibility index (Phi) is 8.91. The maximum absolute atomic E-state index is 11.5. The van der Waals surface area contributed by atoms with Gasteiger partial charge in [-0.15, -0.1) is 0 Å². The summed E-state index contributed by atoms with van der Waals surface area (Å²) in [5.41, 5.74) is 1.20. The molecule has 0 fully saturated rings. The maximum atomic E-state index is 11.5. The zero-order valence-corrected chi connectivity index (χ0v) is 12.7. The molecule has 2 N–H and O–H groups in total. The number of alkyl carbamates (subject to hydrolysis) is 1. The highest BCUT2D eigenvalue weighted by Gasteiger charge is 2.07. The van der Waals surface area contributed by atoms with Crippen molar-refractivity contribution in [1.29, 1.82) is 0 Å². The molecule has 1 aromatic rings. The summed E-state index contributed by atoms with van der Waals surface area (Å²) in [5, 5.41) is 11.4. The van der Waals surface area contributed by atoms with Gasteiger partial charge in [0, 0.05) is 18.9 Å². The van der Waals surface area contributed by atoms with Crippen molar-refractivity contribution in [2.24, 2.45) is 0 Å². The first kappa shape index (κ1) is 16.9. The van der Waals surface area contributed by atoms with E-state index >= 15 is 0 Å². The molecule has 0 bridgehead atoms. The molecule has 20 heavy (non-hydrogen) atoms. The zero-order valence-electron chi connectivity index (χ0n) is 11.9. The number of carbonyl (C=O) groups excluding carboxylic acids is 1. The monoisotopic (exact) mass is 297 g/mol. The van der Waals surface area contributed by atoms with E-state index in [1.54, 1.807) is 11.8 Å². The van der Waals surface area contributed by atoms with Crippen LogP contribution >= 0.6 is 11.8 Å².